The number of hydrogen-bond acceptors (Lipinski definition) is 3. The zero-order valence-corrected chi connectivity index (χ0v) is 10.2. The van der Waals surface area contributed by atoms with Gasteiger partial charge in [-0.05, 0) is 12.8 Å². The number of amides is 3. The highest BCUT2D eigenvalue weighted by Gasteiger charge is 2.38. The third-order valence-electron chi connectivity index (χ3n) is 3.65. The van der Waals surface area contributed by atoms with Gasteiger partial charge in [-0.3, -0.25) is 14.5 Å². The summed E-state index contributed by atoms with van der Waals surface area (Å²) in [5.41, 5.74) is 0. The van der Waals surface area contributed by atoms with Crippen LogP contribution in [0.25, 0.3) is 0 Å². The molecule has 0 aromatic rings. The average Bonchev–Trinajstić information content (AvgIpc) is 2.73. The summed E-state index contributed by atoms with van der Waals surface area (Å²) >= 11 is 0. The van der Waals surface area contributed by atoms with Crippen molar-refractivity contribution in [1.82, 2.24) is 10.2 Å². The molecule has 0 bridgehead atoms. The molecule has 2 rings (SSSR count). The number of aliphatic carboxylic acids is 1. The summed E-state index contributed by atoms with van der Waals surface area (Å²) in [4.78, 5) is 35.3. The van der Waals surface area contributed by atoms with Gasteiger partial charge in [0, 0.05) is 19.0 Å². The van der Waals surface area contributed by atoms with Crippen molar-refractivity contribution in [2.45, 2.75) is 44.6 Å². The van der Waals surface area contributed by atoms with E-state index in [1.54, 1.807) is 0 Å². The minimum absolute atomic E-state index is 0.00722. The van der Waals surface area contributed by atoms with E-state index >= 15 is 0 Å². The Morgan fingerprint density at radius 2 is 1.89 bits per heavy atom. The molecule has 0 aromatic heterocycles. The quantitative estimate of drug-likeness (QED) is 0.768. The third-order valence-corrected chi connectivity index (χ3v) is 3.65. The third kappa shape index (κ3) is 2.80. The number of carboxylic acid groups (broad SMARTS) is 1. The van der Waals surface area contributed by atoms with Gasteiger partial charge in [0.05, 0.1) is 5.92 Å². The zero-order valence-electron chi connectivity index (χ0n) is 10.2. The lowest BCUT2D eigenvalue weighted by atomic mass is 9.96. The second kappa shape index (κ2) is 5.37. The van der Waals surface area contributed by atoms with Gasteiger partial charge in [0.25, 0.3) is 0 Å². The highest BCUT2D eigenvalue weighted by Crippen LogP contribution is 2.20. The maximum atomic E-state index is 11.9. The lowest BCUT2D eigenvalue weighted by molar-refractivity contribution is -0.141. The molecule has 2 N–H and O–H groups in total. The highest BCUT2D eigenvalue weighted by atomic mass is 16.4. The summed E-state index contributed by atoms with van der Waals surface area (Å²) in [5.74, 6) is -2.17. The molecule has 6 nitrogen and oxygen atoms in total. The van der Waals surface area contributed by atoms with Gasteiger partial charge in [-0.2, -0.15) is 0 Å². The largest absolute Gasteiger partial charge is 0.481 e. The van der Waals surface area contributed by atoms with Gasteiger partial charge in [0.15, 0.2) is 0 Å². The van der Waals surface area contributed by atoms with Crippen LogP contribution in [0.5, 0.6) is 0 Å². The molecule has 1 saturated heterocycles. The number of nitrogens with one attached hydrogen (secondary N) is 1. The first-order valence-electron chi connectivity index (χ1n) is 6.41. The Bertz CT molecular complexity index is 363. The van der Waals surface area contributed by atoms with Gasteiger partial charge < -0.3 is 10.4 Å². The van der Waals surface area contributed by atoms with Gasteiger partial charge >= 0.3 is 12.0 Å². The molecule has 1 aliphatic carbocycles. The monoisotopic (exact) mass is 254 g/mol. The highest BCUT2D eigenvalue weighted by molar-refractivity contribution is 5.98. The summed E-state index contributed by atoms with van der Waals surface area (Å²) in [6, 6.07) is -0.307. The molecule has 1 unspecified atom stereocenters. The second-order valence-electron chi connectivity index (χ2n) is 5.03. The molecule has 0 spiro atoms. The molecule has 100 valence electrons. The Morgan fingerprint density at radius 1 is 1.22 bits per heavy atom. The molecule has 18 heavy (non-hydrogen) atoms. The van der Waals surface area contributed by atoms with Crippen molar-refractivity contribution in [2.24, 2.45) is 5.92 Å². The summed E-state index contributed by atoms with van der Waals surface area (Å²) < 4.78 is 0. The number of carbonyl (C=O) groups is 3. The molecule has 2 fully saturated rings. The van der Waals surface area contributed by atoms with Crippen LogP contribution in [0.4, 0.5) is 4.79 Å². The molecule has 2 aliphatic rings. The first kappa shape index (κ1) is 12.9. The SMILES string of the molecule is O=C(O)C1CC(=O)N(C(=O)NC2CCCCC2)C1. The fourth-order valence-electron chi connectivity index (χ4n) is 2.57. The number of rotatable bonds is 2. The van der Waals surface area contributed by atoms with Crippen LogP contribution in [-0.4, -0.2) is 40.5 Å². The molecule has 1 aliphatic heterocycles. The first-order chi connectivity index (χ1) is 8.58. The van der Waals surface area contributed by atoms with Crippen molar-refractivity contribution < 1.29 is 19.5 Å². The van der Waals surface area contributed by atoms with E-state index in [4.69, 9.17) is 5.11 Å². The molecular formula is C12H18N2O4. The van der Waals surface area contributed by atoms with E-state index in [0.29, 0.717) is 0 Å². The van der Waals surface area contributed by atoms with Crippen LogP contribution in [0.15, 0.2) is 0 Å². The van der Waals surface area contributed by atoms with Gasteiger partial charge in [0.2, 0.25) is 5.91 Å². The Kier molecular flexibility index (Phi) is 3.84. The van der Waals surface area contributed by atoms with Crippen molar-refractivity contribution >= 4 is 17.9 Å². The van der Waals surface area contributed by atoms with Gasteiger partial charge in [0.1, 0.15) is 0 Å². The fraction of sp³-hybridized carbons (Fsp3) is 0.750. The van der Waals surface area contributed by atoms with E-state index in [1.165, 1.54) is 6.42 Å². The number of urea groups is 1. The van der Waals surface area contributed by atoms with E-state index < -0.39 is 23.8 Å². The van der Waals surface area contributed by atoms with Crippen LogP contribution in [0.3, 0.4) is 0 Å². The van der Waals surface area contributed by atoms with E-state index in [0.717, 1.165) is 30.6 Å². The fourth-order valence-corrected chi connectivity index (χ4v) is 2.57. The number of nitrogens with zero attached hydrogens (tertiary/aromatic N) is 1. The summed E-state index contributed by atoms with van der Waals surface area (Å²) in [5, 5.41) is 11.7. The molecule has 6 heteroatoms. The molecule has 0 radical (unpaired) electrons. The maximum absolute atomic E-state index is 11.9. The van der Waals surface area contributed by atoms with Crippen LogP contribution in [0.2, 0.25) is 0 Å². The minimum Gasteiger partial charge on any atom is -0.481 e. The van der Waals surface area contributed by atoms with Crippen LogP contribution >= 0.6 is 0 Å². The van der Waals surface area contributed by atoms with Crippen LogP contribution < -0.4 is 5.32 Å². The number of carbonyl (C=O) groups excluding carboxylic acids is 2. The van der Waals surface area contributed by atoms with Crippen molar-refractivity contribution in [2.75, 3.05) is 6.54 Å². The van der Waals surface area contributed by atoms with Crippen molar-refractivity contribution in [3.63, 3.8) is 0 Å². The zero-order chi connectivity index (χ0) is 13.1. The van der Waals surface area contributed by atoms with Crippen molar-refractivity contribution in [1.29, 1.82) is 0 Å². The Morgan fingerprint density at radius 3 is 2.44 bits per heavy atom. The van der Waals surface area contributed by atoms with Crippen LogP contribution in [-0.2, 0) is 9.59 Å². The normalized spacial score (nSPS) is 25.2. The Labute approximate surface area is 105 Å². The van der Waals surface area contributed by atoms with E-state index in [-0.39, 0.29) is 19.0 Å². The average molecular weight is 254 g/mol. The van der Waals surface area contributed by atoms with Gasteiger partial charge in [-0.25, -0.2) is 4.79 Å². The van der Waals surface area contributed by atoms with E-state index in [1.807, 2.05) is 0 Å². The molecule has 1 saturated carbocycles. The lowest BCUT2D eigenvalue weighted by Gasteiger charge is -2.25. The Balaban J connectivity index is 1.88. The topological polar surface area (TPSA) is 86.7 Å². The number of carboxylic acids is 1. The Hall–Kier alpha value is -1.59. The smallest absolute Gasteiger partial charge is 0.324 e. The lowest BCUT2D eigenvalue weighted by Crippen LogP contribution is -2.46. The van der Waals surface area contributed by atoms with Crippen molar-refractivity contribution in [3.8, 4) is 0 Å². The standard InChI is InChI=1S/C12H18N2O4/c15-10-6-8(11(16)17)7-14(10)12(18)13-9-4-2-1-3-5-9/h8-9H,1-7H2,(H,13,18)(H,16,17). The van der Waals surface area contributed by atoms with Crippen molar-refractivity contribution in [3.05, 3.63) is 0 Å². The summed E-state index contributed by atoms with van der Waals surface area (Å²) in [6.07, 6.45) is 5.18. The number of hydrogen-bond donors (Lipinski definition) is 2. The molecule has 1 heterocycles. The van der Waals surface area contributed by atoms with E-state index in [2.05, 4.69) is 5.32 Å². The molecule has 3 amide bonds. The molecule has 0 aromatic carbocycles. The molecule has 1 atom stereocenters. The van der Waals surface area contributed by atoms with E-state index in [9.17, 15) is 14.4 Å². The van der Waals surface area contributed by atoms with Gasteiger partial charge in [-0.15, -0.1) is 0 Å². The van der Waals surface area contributed by atoms with Crippen LogP contribution in [0.1, 0.15) is 38.5 Å². The first-order valence-corrected chi connectivity index (χ1v) is 6.41. The summed E-state index contributed by atoms with van der Waals surface area (Å²) in [7, 11) is 0. The van der Waals surface area contributed by atoms with Gasteiger partial charge in [-0.1, -0.05) is 19.3 Å². The molecular weight excluding hydrogens is 236 g/mol. The predicted molar refractivity (Wildman–Crippen MR) is 62.9 cm³/mol. The number of likely N-dealkylation sites (tertiary alicyclic amines) is 1. The number of imide groups is 1. The predicted octanol–water partition coefficient (Wildman–Crippen LogP) is 0.962. The second-order valence-corrected chi connectivity index (χ2v) is 5.03. The summed E-state index contributed by atoms with van der Waals surface area (Å²) in [6.45, 7) is -0.00722. The minimum atomic E-state index is -1.02. The maximum Gasteiger partial charge on any atom is 0.324 e. The van der Waals surface area contributed by atoms with Crippen LogP contribution in [0, 0.1) is 5.92 Å².